The zero-order valence-electron chi connectivity index (χ0n) is 15.2. The van der Waals surface area contributed by atoms with Crippen LogP contribution >= 0.6 is 0 Å². The van der Waals surface area contributed by atoms with E-state index in [2.05, 4.69) is 55.7 Å². The smallest absolute Gasteiger partial charge is 0.129 e. The average molecular weight is 318 g/mol. The van der Waals surface area contributed by atoms with Gasteiger partial charge in [-0.1, -0.05) is 50.9 Å². The molecular weight excluding hydrogens is 282 g/mol. The van der Waals surface area contributed by atoms with Crippen molar-refractivity contribution in [2.45, 2.75) is 83.1 Å². The molecule has 2 aliphatic rings. The minimum Gasteiger partial charge on any atom is -0.289 e. The molecule has 2 rings (SSSR count). The van der Waals surface area contributed by atoms with Gasteiger partial charge in [-0.05, 0) is 51.0 Å². The van der Waals surface area contributed by atoms with Gasteiger partial charge in [-0.2, -0.15) is 0 Å². The molecule has 0 amide bonds. The summed E-state index contributed by atoms with van der Waals surface area (Å²) in [7, 11) is 1.06. The van der Waals surface area contributed by atoms with E-state index in [1.807, 2.05) is 0 Å². The van der Waals surface area contributed by atoms with Crippen LogP contribution in [0.1, 0.15) is 51.4 Å². The van der Waals surface area contributed by atoms with Crippen molar-refractivity contribution in [2.24, 2.45) is 11.8 Å². The van der Waals surface area contributed by atoms with Crippen molar-refractivity contribution in [3.8, 4) is 11.5 Å². The largest absolute Gasteiger partial charge is 0.289 e. The van der Waals surface area contributed by atoms with E-state index in [1.165, 1.54) is 44.9 Å². The van der Waals surface area contributed by atoms with Crippen molar-refractivity contribution in [2.75, 3.05) is 7.05 Å². The van der Waals surface area contributed by atoms with Crippen molar-refractivity contribution in [3.05, 3.63) is 12.7 Å². The number of allylic oxidation sites excluding steroid dienone is 1. The van der Waals surface area contributed by atoms with Crippen LogP contribution in [0.15, 0.2) is 12.7 Å². The summed E-state index contributed by atoms with van der Waals surface area (Å²) in [6.07, 6.45) is 13.1. The van der Waals surface area contributed by atoms with Crippen molar-refractivity contribution >= 4 is 8.07 Å². The Morgan fingerprint density at radius 3 is 2.45 bits per heavy atom. The van der Waals surface area contributed by atoms with Crippen LogP contribution < -0.4 is 0 Å². The van der Waals surface area contributed by atoms with Gasteiger partial charge in [0.1, 0.15) is 8.07 Å². The van der Waals surface area contributed by atoms with Crippen LogP contribution in [0.2, 0.25) is 19.6 Å². The third-order valence-electron chi connectivity index (χ3n) is 5.48. The Labute approximate surface area is 139 Å². The van der Waals surface area contributed by atoms with Gasteiger partial charge in [-0.15, -0.1) is 12.1 Å². The summed E-state index contributed by atoms with van der Waals surface area (Å²) in [5.41, 5.74) is 3.65. The van der Waals surface area contributed by atoms with Gasteiger partial charge in [0.2, 0.25) is 0 Å². The Balaban J connectivity index is 2.11. The molecule has 0 N–H and O–H groups in total. The van der Waals surface area contributed by atoms with Gasteiger partial charge in [-0.25, -0.2) is 0 Å². The van der Waals surface area contributed by atoms with E-state index in [4.69, 9.17) is 0 Å². The van der Waals surface area contributed by atoms with Gasteiger partial charge in [0.05, 0.1) is 6.04 Å². The fourth-order valence-corrected chi connectivity index (χ4v) is 4.89. The summed E-state index contributed by atoms with van der Waals surface area (Å²) in [6.45, 7) is 11.0. The Hall–Kier alpha value is -0.523. The van der Waals surface area contributed by atoms with Crippen LogP contribution in [0.3, 0.4) is 0 Å². The minimum atomic E-state index is -1.28. The standard InChI is InChI=1S/C20H35NSi/c1-6-7-11-18-16-20(17-12-9-8-10-13-17)21(2)19(18)14-15-22(3,4)5/h6,17-20H,1,7-13,16H2,2-5H3/t18-,19-,20-/m1/s1. The van der Waals surface area contributed by atoms with Crippen LogP contribution in [0, 0.1) is 23.3 Å². The summed E-state index contributed by atoms with van der Waals surface area (Å²) >= 11 is 0. The van der Waals surface area contributed by atoms with Gasteiger partial charge in [0.25, 0.3) is 0 Å². The molecule has 1 saturated heterocycles. The first-order chi connectivity index (χ1) is 10.4. The predicted molar refractivity (Wildman–Crippen MR) is 101 cm³/mol. The van der Waals surface area contributed by atoms with Gasteiger partial charge in [0.15, 0.2) is 0 Å². The topological polar surface area (TPSA) is 3.24 Å². The molecule has 2 fully saturated rings. The molecule has 1 aliphatic carbocycles. The Kier molecular flexibility index (Phi) is 6.35. The zero-order chi connectivity index (χ0) is 16.2. The number of nitrogens with zero attached hydrogens (tertiary/aromatic N) is 1. The quantitative estimate of drug-likeness (QED) is 0.396. The molecule has 0 spiro atoms. The van der Waals surface area contributed by atoms with E-state index in [9.17, 15) is 0 Å². The second kappa shape index (κ2) is 7.84. The van der Waals surface area contributed by atoms with Crippen molar-refractivity contribution in [1.82, 2.24) is 4.90 Å². The van der Waals surface area contributed by atoms with Crippen LogP contribution in [0.4, 0.5) is 0 Å². The molecule has 1 saturated carbocycles. The molecule has 2 heteroatoms. The molecule has 0 aromatic rings. The van der Waals surface area contributed by atoms with E-state index in [0.717, 1.165) is 24.3 Å². The van der Waals surface area contributed by atoms with Crippen LogP contribution in [0.5, 0.6) is 0 Å². The van der Waals surface area contributed by atoms with Gasteiger partial charge in [0, 0.05) is 6.04 Å². The van der Waals surface area contributed by atoms with E-state index in [1.54, 1.807) is 0 Å². The van der Waals surface area contributed by atoms with E-state index >= 15 is 0 Å². The molecule has 1 aliphatic heterocycles. The van der Waals surface area contributed by atoms with E-state index < -0.39 is 8.07 Å². The zero-order valence-corrected chi connectivity index (χ0v) is 16.2. The molecule has 22 heavy (non-hydrogen) atoms. The highest BCUT2D eigenvalue weighted by Gasteiger charge is 2.41. The van der Waals surface area contributed by atoms with E-state index in [0.29, 0.717) is 6.04 Å². The third kappa shape index (κ3) is 4.73. The highest BCUT2D eigenvalue weighted by Crippen LogP contribution is 2.40. The average Bonchev–Trinajstić information content (AvgIpc) is 2.79. The minimum absolute atomic E-state index is 0.485. The maximum atomic E-state index is 3.92. The Bertz CT molecular complexity index is 419. The molecule has 0 unspecified atom stereocenters. The fourth-order valence-electron chi connectivity index (χ4n) is 4.31. The highest BCUT2D eigenvalue weighted by molar-refractivity contribution is 6.83. The van der Waals surface area contributed by atoms with Gasteiger partial charge in [-0.3, -0.25) is 4.90 Å². The molecule has 0 aromatic heterocycles. The van der Waals surface area contributed by atoms with Gasteiger partial charge < -0.3 is 0 Å². The molecule has 0 radical (unpaired) electrons. The van der Waals surface area contributed by atoms with Crippen molar-refractivity contribution in [1.29, 1.82) is 0 Å². The molecule has 124 valence electrons. The first kappa shape index (κ1) is 17.8. The summed E-state index contributed by atoms with van der Waals surface area (Å²) in [6, 6.07) is 1.26. The first-order valence-corrected chi connectivity index (χ1v) is 12.8. The van der Waals surface area contributed by atoms with Crippen LogP contribution in [-0.2, 0) is 0 Å². The van der Waals surface area contributed by atoms with E-state index in [-0.39, 0.29) is 0 Å². The number of hydrogen-bond donors (Lipinski definition) is 0. The van der Waals surface area contributed by atoms with Crippen LogP contribution in [0.25, 0.3) is 0 Å². The second-order valence-corrected chi connectivity index (χ2v) is 13.2. The lowest BCUT2D eigenvalue weighted by atomic mass is 9.81. The molecule has 0 bridgehead atoms. The SMILES string of the molecule is C=CCC[C@@H]1C[C@H](C2CCCCC2)N(C)[C@@H]1C#C[Si](C)(C)C. The van der Waals surface area contributed by atoms with Crippen molar-refractivity contribution in [3.63, 3.8) is 0 Å². The van der Waals surface area contributed by atoms with Crippen LogP contribution in [-0.4, -0.2) is 32.1 Å². The maximum absolute atomic E-state index is 3.92. The summed E-state index contributed by atoms with van der Waals surface area (Å²) in [4.78, 5) is 2.65. The fraction of sp³-hybridized carbons (Fsp3) is 0.800. The highest BCUT2D eigenvalue weighted by atomic mass is 28.3. The maximum Gasteiger partial charge on any atom is 0.129 e. The van der Waals surface area contributed by atoms with Crippen molar-refractivity contribution < 1.29 is 0 Å². The number of hydrogen-bond acceptors (Lipinski definition) is 1. The second-order valence-electron chi connectivity index (χ2n) is 8.46. The summed E-state index contributed by atoms with van der Waals surface area (Å²) < 4.78 is 0. The lowest BCUT2D eigenvalue weighted by Gasteiger charge is -2.33. The normalized spacial score (nSPS) is 30.8. The number of rotatable bonds is 4. The van der Waals surface area contributed by atoms with Gasteiger partial charge >= 0.3 is 0 Å². The molecule has 3 atom stereocenters. The molecule has 0 aromatic carbocycles. The molecular formula is C20H35NSi. The molecule has 1 heterocycles. The monoisotopic (exact) mass is 317 g/mol. The predicted octanol–water partition coefficient (Wildman–Crippen LogP) is 5.10. The molecule has 1 nitrogen and oxygen atoms in total. The lowest BCUT2D eigenvalue weighted by molar-refractivity contribution is 0.169. The Morgan fingerprint density at radius 2 is 1.86 bits per heavy atom. The third-order valence-corrected chi connectivity index (χ3v) is 6.38. The summed E-state index contributed by atoms with van der Waals surface area (Å²) in [5, 5.41) is 0. The number of likely N-dealkylation sites (tertiary alicyclic amines) is 1. The Morgan fingerprint density at radius 1 is 1.18 bits per heavy atom. The summed E-state index contributed by atoms with van der Waals surface area (Å²) in [5.74, 6) is 5.37. The first-order valence-electron chi connectivity index (χ1n) is 9.28. The lowest BCUT2D eigenvalue weighted by Crippen LogP contribution is -2.38.